The van der Waals surface area contributed by atoms with E-state index >= 15 is 0 Å². The summed E-state index contributed by atoms with van der Waals surface area (Å²) in [4.78, 5) is 11.7. The van der Waals surface area contributed by atoms with Crippen LogP contribution in [0.2, 0.25) is 0 Å². The van der Waals surface area contributed by atoms with E-state index in [2.05, 4.69) is 27.1 Å². The molecule has 0 saturated carbocycles. The molecular weight excluding hydrogens is 260 g/mol. The van der Waals surface area contributed by atoms with Crippen molar-refractivity contribution in [2.75, 3.05) is 19.6 Å². The average molecular weight is 284 g/mol. The van der Waals surface area contributed by atoms with Gasteiger partial charge in [-0.2, -0.15) is 0 Å². The zero-order chi connectivity index (χ0) is 14.5. The van der Waals surface area contributed by atoms with Crippen molar-refractivity contribution in [3.8, 4) is 0 Å². The summed E-state index contributed by atoms with van der Waals surface area (Å²) in [6, 6.07) is 8.50. The van der Waals surface area contributed by atoms with Gasteiger partial charge in [0.15, 0.2) is 0 Å². The largest absolute Gasteiger partial charge is 0.307 e. The van der Waals surface area contributed by atoms with E-state index in [1.165, 1.54) is 32.4 Å². The molecule has 1 atom stereocenters. The maximum Gasteiger partial charge on any atom is 0.0890 e. The predicted molar refractivity (Wildman–Crippen MR) is 86.1 cm³/mol. The average Bonchev–Trinajstić information content (AvgIpc) is 2.54. The fourth-order valence-electron chi connectivity index (χ4n) is 2.95. The molecule has 0 aliphatic carbocycles. The van der Waals surface area contributed by atoms with Crippen LogP contribution < -0.4 is 5.32 Å². The van der Waals surface area contributed by atoms with Crippen LogP contribution in [0.15, 0.2) is 30.5 Å². The molecule has 112 valence electrons. The molecule has 2 aromatic rings. The number of fused-ring (bicyclic) bond motifs is 1. The van der Waals surface area contributed by atoms with Crippen molar-refractivity contribution in [2.45, 2.75) is 38.8 Å². The van der Waals surface area contributed by atoms with Crippen molar-refractivity contribution in [3.63, 3.8) is 0 Å². The van der Waals surface area contributed by atoms with E-state index < -0.39 is 0 Å². The van der Waals surface area contributed by atoms with E-state index in [0.29, 0.717) is 6.04 Å². The summed E-state index contributed by atoms with van der Waals surface area (Å²) >= 11 is 0. The fraction of sp³-hybridized carbons (Fsp3) is 0.529. The molecule has 3 rings (SSSR count). The number of aromatic nitrogens is 2. The summed E-state index contributed by atoms with van der Waals surface area (Å²) in [5, 5.41) is 3.57. The van der Waals surface area contributed by atoms with Gasteiger partial charge in [-0.05, 0) is 45.0 Å². The van der Waals surface area contributed by atoms with Crippen LogP contribution in [0.3, 0.4) is 0 Å². The molecule has 1 aromatic heterocycles. The van der Waals surface area contributed by atoms with Crippen molar-refractivity contribution < 1.29 is 0 Å². The summed E-state index contributed by atoms with van der Waals surface area (Å²) in [5.74, 6) is 0. The summed E-state index contributed by atoms with van der Waals surface area (Å²) in [6.07, 6.45) is 5.97. The molecule has 2 heterocycles. The molecule has 1 aliphatic rings. The highest BCUT2D eigenvalue weighted by molar-refractivity contribution is 5.73. The van der Waals surface area contributed by atoms with Gasteiger partial charge >= 0.3 is 0 Å². The van der Waals surface area contributed by atoms with Crippen LogP contribution in [0.5, 0.6) is 0 Å². The van der Waals surface area contributed by atoms with Crippen molar-refractivity contribution in [1.29, 1.82) is 0 Å². The molecule has 1 aromatic carbocycles. The lowest BCUT2D eigenvalue weighted by Gasteiger charge is -2.29. The normalized spacial score (nSPS) is 18.0. The van der Waals surface area contributed by atoms with Crippen LogP contribution in [0.1, 0.15) is 31.9 Å². The molecule has 1 unspecified atom stereocenters. The molecule has 1 fully saturated rings. The predicted octanol–water partition coefficient (Wildman–Crippen LogP) is 2.59. The SMILES string of the molecule is CC(CN1CCCCC1)NCc1cnc2ccccc2n1. The van der Waals surface area contributed by atoms with Crippen LogP contribution in [0, 0.1) is 0 Å². The van der Waals surface area contributed by atoms with E-state index in [0.717, 1.165) is 29.8 Å². The van der Waals surface area contributed by atoms with Gasteiger partial charge < -0.3 is 10.2 Å². The summed E-state index contributed by atoms with van der Waals surface area (Å²) < 4.78 is 0. The molecule has 4 nitrogen and oxygen atoms in total. The van der Waals surface area contributed by atoms with Crippen LogP contribution in [0.25, 0.3) is 11.0 Å². The summed E-state index contributed by atoms with van der Waals surface area (Å²) in [6.45, 7) is 6.67. The minimum Gasteiger partial charge on any atom is -0.307 e. The van der Waals surface area contributed by atoms with Gasteiger partial charge in [0.05, 0.1) is 22.9 Å². The highest BCUT2D eigenvalue weighted by Crippen LogP contribution is 2.10. The van der Waals surface area contributed by atoms with Gasteiger partial charge in [-0.15, -0.1) is 0 Å². The monoisotopic (exact) mass is 284 g/mol. The Hall–Kier alpha value is -1.52. The number of rotatable bonds is 5. The molecule has 0 spiro atoms. The molecule has 0 amide bonds. The van der Waals surface area contributed by atoms with Crippen molar-refractivity contribution in [3.05, 3.63) is 36.2 Å². The molecule has 21 heavy (non-hydrogen) atoms. The second-order valence-electron chi connectivity index (χ2n) is 5.99. The zero-order valence-electron chi connectivity index (χ0n) is 12.8. The Bertz CT molecular complexity index is 578. The second kappa shape index (κ2) is 6.96. The van der Waals surface area contributed by atoms with Gasteiger partial charge in [-0.1, -0.05) is 18.6 Å². The van der Waals surface area contributed by atoms with Gasteiger partial charge in [0, 0.05) is 19.1 Å². The van der Waals surface area contributed by atoms with E-state index in [9.17, 15) is 0 Å². The molecule has 0 radical (unpaired) electrons. The van der Waals surface area contributed by atoms with Crippen molar-refractivity contribution in [1.82, 2.24) is 20.2 Å². The smallest absolute Gasteiger partial charge is 0.0890 e. The number of hydrogen-bond donors (Lipinski definition) is 1. The Morgan fingerprint density at radius 3 is 2.71 bits per heavy atom. The standard InChI is InChI=1S/C17H24N4/c1-14(13-21-9-5-2-6-10-21)18-11-15-12-19-16-7-3-4-8-17(16)20-15/h3-4,7-8,12,14,18H,2,5-6,9-11,13H2,1H3. The number of likely N-dealkylation sites (tertiary alicyclic amines) is 1. The van der Waals surface area contributed by atoms with Gasteiger partial charge in [0.25, 0.3) is 0 Å². The third-order valence-electron chi connectivity index (χ3n) is 4.11. The van der Waals surface area contributed by atoms with Gasteiger partial charge in [-0.3, -0.25) is 4.98 Å². The molecule has 1 saturated heterocycles. The number of hydrogen-bond acceptors (Lipinski definition) is 4. The lowest BCUT2D eigenvalue weighted by Crippen LogP contribution is -2.41. The molecule has 1 aliphatic heterocycles. The van der Waals surface area contributed by atoms with Crippen LogP contribution in [-0.2, 0) is 6.54 Å². The second-order valence-corrected chi connectivity index (χ2v) is 5.99. The first kappa shape index (κ1) is 14.4. The van der Waals surface area contributed by atoms with Crippen LogP contribution in [-0.4, -0.2) is 40.5 Å². The maximum absolute atomic E-state index is 4.66. The lowest BCUT2D eigenvalue weighted by molar-refractivity contribution is 0.208. The molecule has 4 heteroatoms. The highest BCUT2D eigenvalue weighted by atomic mass is 15.1. The third kappa shape index (κ3) is 3.99. The summed E-state index contributed by atoms with van der Waals surface area (Å²) in [7, 11) is 0. The first-order chi connectivity index (χ1) is 10.3. The molecule has 1 N–H and O–H groups in total. The number of piperidine rings is 1. The minimum absolute atomic E-state index is 0.483. The minimum atomic E-state index is 0.483. The van der Waals surface area contributed by atoms with Crippen molar-refractivity contribution in [2.24, 2.45) is 0 Å². The quantitative estimate of drug-likeness (QED) is 0.916. The van der Waals surface area contributed by atoms with E-state index in [1.54, 1.807) is 0 Å². The topological polar surface area (TPSA) is 41.0 Å². The highest BCUT2D eigenvalue weighted by Gasteiger charge is 2.13. The number of nitrogens with zero attached hydrogens (tertiary/aromatic N) is 3. The van der Waals surface area contributed by atoms with E-state index in [-0.39, 0.29) is 0 Å². The number of nitrogens with one attached hydrogen (secondary N) is 1. The van der Waals surface area contributed by atoms with Crippen LogP contribution in [0.4, 0.5) is 0 Å². The lowest BCUT2D eigenvalue weighted by atomic mass is 10.1. The van der Waals surface area contributed by atoms with Gasteiger partial charge in [-0.25, -0.2) is 4.98 Å². The fourth-order valence-corrected chi connectivity index (χ4v) is 2.95. The Labute approximate surface area is 126 Å². The Morgan fingerprint density at radius 2 is 1.90 bits per heavy atom. The Morgan fingerprint density at radius 1 is 1.14 bits per heavy atom. The number of benzene rings is 1. The Kier molecular flexibility index (Phi) is 4.78. The molecular formula is C17H24N4. The zero-order valence-corrected chi connectivity index (χ0v) is 12.8. The van der Waals surface area contributed by atoms with Crippen molar-refractivity contribution >= 4 is 11.0 Å². The van der Waals surface area contributed by atoms with E-state index in [4.69, 9.17) is 0 Å². The van der Waals surface area contributed by atoms with Gasteiger partial charge in [0.1, 0.15) is 0 Å². The summed E-state index contributed by atoms with van der Waals surface area (Å²) in [5.41, 5.74) is 2.95. The Balaban J connectivity index is 1.53. The first-order valence-corrected chi connectivity index (χ1v) is 7.98. The maximum atomic E-state index is 4.66. The first-order valence-electron chi connectivity index (χ1n) is 7.98. The van der Waals surface area contributed by atoms with Crippen LogP contribution >= 0.6 is 0 Å². The number of para-hydroxylation sites is 2. The third-order valence-corrected chi connectivity index (χ3v) is 4.11. The van der Waals surface area contributed by atoms with Gasteiger partial charge in [0.2, 0.25) is 0 Å². The van der Waals surface area contributed by atoms with E-state index in [1.807, 2.05) is 30.5 Å². The molecule has 0 bridgehead atoms.